The molecule has 2 aliphatic rings. The van der Waals surface area contributed by atoms with E-state index in [1.54, 1.807) is 0 Å². The fourth-order valence-electron chi connectivity index (χ4n) is 3.42. The molecule has 0 aromatic heterocycles. The van der Waals surface area contributed by atoms with E-state index < -0.39 is 5.41 Å². The number of hydrogen-bond acceptors (Lipinski definition) is 2. The SMILES string of the molecule is O=C(Nc1ccccc1)C1=CCC2(C1)C(=O)Nc1ccccc12. The molecule has 2 amide bonds. The van der Waals surface area contributed by atoms with E-state index >= 15 is 0 Å². The first kappa shape index (κ1) is 13.8. The van der Waals surface area contributed by atoms with Gasteiger partial charge in [-0.3, -0.25) is 9.59 Å². The molecule has 23 heavy (non-hydrogen) atoms. The summed E-state index contributed by atoms with van der Waals surface area (Å²) in [5.74, 6) is -0.150. The highest BCUT2D eigenvalue weighted by molar-refractivity contribution is 6.10. The van der Waals surface area contributed by atoms with Gasteiger partial charge in [0.2, 0.25) is 5.91 Å². The standard InChI is InChI=1S/C19H16N2O2/c22-17(20-14-6-2-1-3-7-14)13-10-11-19(12-13)15-8-4-5-9-16(15)21-18(19)23/h1-10H,11-12H2,(H,20,22)(H,21,23). The van der Waals surface area contributed by atoms with Gasteiger partial charge < -0.3 is 10.6 Å². The summed E-state index contributed by atoms with van der Waals surface area (Å²) >= 11 is 0. The molecule has 2 N–H and O–H groups in total. The van der Waals surface area contributed by atoms with Gasteiger partial charge in [0.1, 0.15) is 0 Å². The van der Waals surface area contributed by atoms with Crippen LogP contribution in [0.4, 0.5) is 11.4 Å². The van der Waals surface area contributed by atoms with E-state index in [0.29, 0.717) is 18.4 Å². The molecule has 1 heterocycles. The van der Waals surface area contributed by atoms with E-state index in [2.05, 4.69) is 10.6 Å². The lowest BCUT2D eigenvalue weighted by molar-refractivity contribution is -0.120. The van der Waals surface area contributed by atoms with Crippen molar-refractivity contribution >= 4 is 23.2 Å². The van der Waals surface area contributed by atoms with Crippen LogP contribution in [0.2, 0.25) is 0 Å². The van der Waals surface area contributed by atoms with Crippen LogP contribution in [-0.4, -0.2) is 11.8 Å². The second-order valence-electron chi connectivity index (χ2n) is 6.01. The van der Waals surface area contributed by atoms with Gasteiger partial charge in [0.05, 0.1) is 5.41 Å². The van der Waals surface area contributed by atoms with Gasteiger partial charge in [-0.25, -0.2) is 0 Å². The Labute approximate surface area is 134 Å². The molecule has 1 spiro atoms. The average Bonchev–Trinajstić information content (AvgIpc) is 3.13. The molecule has 4 rings (SSSR count). The molecule has 1 unspecified atom stereocenters. The number of para-hydroxylation sites is 2. The number of nitrogens with one attached hydrogen (secondary N) is 2. The minimum absolute atomic E-state index is 0.0162. The highest BCUT2D eigenvalue weighted by Gasteiger charge is 2.49. The predicted octanol–water partition coefficient (Wildman–Crippen LogP) is 3.24. The second kappa shape index (κ2) is 5.09. The summed E-state index contributed by atoms with van der Waals surface area (Å²) in [5.41, 5.74) is 2.65. The van der Waals surface area contributed by atoms with Crippen LogP contribution in [0.3, 0.4) is 0 Å². The predicted molar refractivity (Wildman–Crippen MR) is 89.1 cm³/mol. The fourth-order valence-corrected chi connectivity index (χ4v) is 3.42. The lowest BCUT2D eigenvalue weighted by atomic mass is 9.78. The molecule has 0 radical (unpaired) electrons. The molecule has 4 heteroatoms. The highest BCUT2D eigenvalue weighted by Crippen LogP contribution is 2.48. The Balaban J connectivity index is 1.57. The minimum atomic E-state index is -0.625. The molecule has 2 aromatic rings. The summed E-state index contributed by atoms with van der Waals surface area (Å²) in [6.45, 7) is 0. The topological polar surface area (TPSA) is 58.2 Å². The third-order valence-corrected chi connectivity index (χ3v) is 4.64. The maximum atomic E-state index is 12.5. The maximum absolute atomic E-state index is 12.5. The van der Waals surface area contributed by atoms with E-state index in [-0.39, 0.29) is 11.8 Å². The molecule has 1 aliphatic heterocycles. The van der Waals surface area contributed by atoms with Crippen LogP contribution >= 0.6 is 0 Å². The fraction of sp³-hybridized carbons (Fsp3) is 0.158. The molecule has 4 nitrogen and oxygen atoms in total. The summed E-state index contributed by atoms with van der Waals surface area (Å²) in [7, 11) is 0. The number of benzene rings is 2. The molecule has 0 fully saturated rings. The number of hydrogen-bond donors (Lipinski definition) is 2. The lowest BCUT2D eigenvalue weighted by Crippen LogP contribution is -2.32. The maximum Gasteiger partial charge on any atom is 0.251 e. The largest absolute Gasteiger partial charge is 0.325 e. The zero-order chi connectivity index (χ0) is 15.9. The number of anilines is 2. The Morgan fingerprint density at radius 2 is 1.78 bits per heavy atom. The first-order valence-corrected chi connectivity index (χ1v) is 7.65. The smallest absolute Gasteiger partial charge is 0.251 e. The van der Waals surface area contributed by atoms with Crippen molar-refractivity contribution < 1.29 is 9.59 Å². The Kier molecular flexibility index (Phi) is 3.05. The molecule has 114 valence electrons. The number of carbonyl (C=O) groups excluding carboxylic acids is 2. The molecule has 0 saturated heterocycles. The Morgan fingerprint density at radius 3 is 2.61 bits per heavy atom. The molecule has 2 aromatic carbocycles. The van der Waals surface area contributed by atoms with Crippen molar-refractivity contribution in [3.05, 3.63) is 71.8 Å². The summed E-state index contributed by atoms with van der Waals surface area (Å²) < 4.78 is 0. The summed E-state index contributed by atoms with van der Waals surface area (Å²) in [4.78, 5) is 25.0. The average molecular weight is 304 g/mol. The van der Waals surface area contributed by atoms with Gasteiger partial charge in [0.25, 0.3) is 5.91 Å². The molecular formula is C19H16N2O2. The molecule has 0 bridgehead atoms. The van der Waals surface area contributed by atoms with E-state index in [1.807, 2.05) is 60.7 Å². The number of carbonyl (C=O) groups is 2. The van der Waals surface area contributed by atoms with Crippen molar-refractivity contribution in [2.75, 3.05) is 10.6 Å². The van der Waals surface area contributed by atoms with Crippen LogP contribution in [0.5, 0.6) is 0 Å². The van der Waals surface area contributed by atoms with Gasteiger partial charge >= 0.3 is 0 Å². The van der Waals surface area contributed by atoms with Gasteiger partial charge in [-0.15, -0.1) is 0 Å². The highest BCUT2D eigenvalue weighted by atomic mass is 16.2. The van der Waals surface area contributed by atoms with Crippen LogP contribution in [0.1, 0.15) is 18.4 Å². The van der Waals surface area contributed by atoms with E-state index in [0.717, 1.165) is 16.9 Å². The Hall–Kier alpha value is -2.88. The first-order valence-electron chi connectivity index (χ1n) is 7.65. The Bertz CT molecular complexity index is 826. The zero-order valence-corrected chi connectivity index (χ0v) is 12.5. The van der Waals surface area contributed by atoms with Gasteiger partial charge in [0.15, 0.2) is 0 Å². The van der Waals surface area contributed by atoms with Crippen LogP contribution in [0, 0.1) is 0 Å². The van der Waals surface area contributed by atoms with E-state index in [9.17, 15) is 9.59 Å². The lowest BCUT2D eigenvalue weighted by Gasteiger charge is -2.21. The van der Waals surface area contributed by atoms with Crippen molar-refractivity contribution in [2.45, 2.75) is 18.3 Å². The van der Waals surface area contributed by atoms with Crippen molar-refractivity contribution in [2.24, 2.45) is 0 Å². The van der Waals surface area contributed by atoms with Gasteiger partial charge in [-0.2, -0.15) is 0 Å². The quantitative estimate of drug-likeness (QED) is 0.895. The molecule has 1 aliphatic carbocycles. The molecule has 1 atom stereocenters. The van der Waals surface area contributed by atoms with Crippen LogP contribution in [-0.2, 0) is 15.0 Å². The van der Waals surface area contributed by atoms with Crippen molar-refractivity contribution in [3.63, 3.8) is 0 Å². The number of rotatable bonds is 2. The normalized spacial score (nSPS) is 21.7. The van der Waals surface area contributed by atoms with Crippen LogP contribution in [0.25, 0.3) is 0 Å². The monoisotopic (exact) mass is 304 g/mol. The first-order chi connectivity index (χ1) is 11.2. The summed E-state index contributed by atoms with van der Waals surface area (Å²) in [5, 5.41) is 5.83. The van der Waals surface area contributed by atoms with Crippen LogP contribution < -0.4 is 10.6 Å². The summed E-state index contributed by atoms with van der Waals surface area (Å²) in [6, 6.07) is 17.1. The second-order valence-corrected chi connectivity index (χ2v) is 6.01. The molecular weight excluding hydrogens is 288 g/mol. The van der Waals surface area contributed by atoms with E-state index in [4.69, 9.17) is 0 Å². The third-order valence-electron chi connectivity index (χ3n) is 4.64. The Morgan fingerprint density at radius 1 is 1.04 bits per heavy atom. The zero-order valence-electron chi connectivity index (χ0n) is 12.5. The van der Waals surface area contributed by atoms with Gasteiger partial charge in [-0.05, 0) is 36.6 Å². The number of fused-ring (bicyclic) bond motifs is 2. The van der Waals surface area contributed by atoms with Crippen molar-refractivity contribution in [1.29, 1.82) is 0 Å². The van der Waals surface area contributed by atoms with E-state index in [1.165, 1.54) is 0 Å². The number of allylic oxidation sites excluding steroid dienone is 1. The van der Waals surface area contributed by atoms with Gasteiger partial charge in [0, 0.05) is 16.9 Å². The van der Waals surface area contributed by atoms with Crippen molar-refractivity contribution in [1.82, 2.24) is 0 Å². The van der Waals surface area contributed by atoms with Gasteiger partial charge in [-0.1, -0.05) is 42.5 Å². The third kappa shape index (κ3) is 2.14. The van der Waals surface area contributed by atoms with Crippen molar-refractivity contribution in [3.8, 4) is 0 Å². The number of amides is 2. The minimum Gasteiger partial charge on any atom is -0.325 e. The summed E-state index contributed by atoms with van der Waals surface area (Å²) in [6.07, 6.45) is 2.89. The molecule has 0 saturated carbocycles. The van der Waals surface area contributed by atoms with Crippen LogP contribution in [0.15, 0.2) is 66.2 Å².